The fraction of sp³-hybridized carbons (Fsp3) is 0.459. The van der Waals surface area contributed by atoms with Crippen LogP contribution in [0, 0.1) is 11.8 Å². The summed E-state index contributed by atoms with van der Waals surface area (Å²) >= 11 is 0. The van der Waals surface area contributed by atoms with Crippen molar-refractivity contribution in [3.05, 3.63) is 54.4 Å². The largest absolute Gasteiger partial charge is 0.494 e. The van der Waals surface area contributed by atoms with Gasteiger partial charge in [-0.1, -0.05) is 18.2 Å². The van der Waals surface area contributed by atoms with Gasteiger partial charge in [-0.05, 0) is 78.4 Å². The molecule has 2 atom stereocenters. The zero-order chi connectivity index (χ0) is 35.2. The summed E-state index contributed by atoms with van der Waals surface area (Å²) in [6.07, 6.45) is 4.50. The topological polar surface area (TPSA) is 146 Å². The zero-order valence-electron chi connectivity index (χ0n) is 29.6. The van der Waals surface area contributed by atoms with Gasteiger partial charge in [-0.15, -0.1) is 0 Å². The molecule has 0 spiro atoms. The van der Waals surface area contributed by atoms with Crippen LogP contribution in [0.15, 0.2) is 48.8 Å². The van der Waals surface area contributed by atoms with Gasteiger partial charge in [-0.3, -0.25) is 0 Å². The number of carbonyl (C=O) groups is 2. The number of nitrogen functional groups attached to an aromatic ring is 1. The summed E-state index contributed by atoms with van der Waals surface area (Å²) in [7, 11) is 3.57. The molecule has 12 nitrogen and oxygen atoms in total. The molecule has 1 amide bonds. The van der Waals surface area contributed by atoms with E-state index in [1.807, 2.05) is 88.8 Å². The van der Waals surface area contributed by atoms with E-state index < -0.39 is 11.6 Å². The van der Waals surface area contributed by atoms with Gasteiger partial charge >= 0.3 is 12.1 Å². The number of nitrogens with zero attached hydrogens (tertiary/aromatic N) is 4. The molecule has 2 aliphatic rings. The molecule has 12 heteroatoms. The molecule has 6 rings (SSSR count). The summed E-state index contributed by atoms with van der Waals surface area (Å²) in [6.45, 7) is 13.0. The van der Waals surface area contributed by atoms with Crippen LogP contribution in [-0.4, -0.2) is 64.0 Å². The lowest BCUT2D eigenvalue weighted by atomic mass is 9.98. The van der Waals surface area contributed by atoms with E-state index in [9.17, 15) is 9.59 Å². The highest BCUT2D eigenvalue weighted by atomic mass is 16.6. The van der Waals surface area contributed by atoms with Gasteiger partial charge < -0.3 is 40.0 Å². The number of nitrogens with one attached hydrogen (secondary N) is 2. The Morgan fingerprint density at radius 1 is 1.10 bits per heavy atom. The van der Waals surface area contributed by atoms with Gasteiger partial charge in [0.25, 0.3) is 0 Å². The predicted octanol–water partition coefficient (Wildman–Crippen LogP) is 6.66. The van der Waals surface area contributed by atoms with Crippen LogP contribution in [0.3, 0.4) is 0 Å². The molecule has 260 valence electrons. The predicted molar refractivity (Wildman–Crippen MR) is 191 cm³/mol. The van der Waals surface area contributed by atoms with Crippen LogP contribution in [0.2, 0.25) is 0 Å². The van der Waals surface area contributed by atoms with E-state index in [-0.39, 0.29) is 29.2 Å². The lowest BCUT2D eigenvalue weighted by Crippen LogP contribution is -2.47. The Labute approximate surface area is 287 Å². The Hall–Kier alpha value is -5.00. The second-order valence-electron chi connectivity index (χ2n) is 14.8. The minimum absolute atomic E-state index is 0.273. The number of aryl methyl sites for hydroxylation is 1. The summed E-state index contributed by atoms with van der Waals surface area (Å²) in [4.78, 5) is 37.3. The number of para-hydroxylation sites is 1. The van der Waals surface area contributed by atoms with Crippen LogP contribution in [0.1, 0.15) is 64.7 Å². The number of fused-ring (bicyclic) bond motifs is 2. The molecule has 2 unspecified atom stereocenters. The number of hydrogen-bond donors (Lipinski definition) is 3. The number of aromatic nitrogens is 3. The summed E-state index contributed by atoms with van der Waals surface area (Å²) < 4.78 is 18.9. The van der Waals surface area contributed by atoms with Gasteiger partial charge in [-0.25, -0.2) is 19.6 Å². The van der Waals surface area contributed by atoms with Crippen LogP contribution in [0.4, 0.5) is 27.8 Å². The monoisotopic (exact) mass is 669 g/mol. The highest BCUT2D eigenvalue weighted by Gasteiger charge is 2.48. The van der Waals surface area contributed by atoms with E-state index in [0.29, 0.717) is 34.7 Å². The number of anilines is 4. The van der Waals surface area contributed by atoms with Crippen molar-refractivity contribution in [1.29, 1.82) is 0 Å². The Bertz CT molecular complexity index is 1880. The van der Waals surface area contributed by atoms with Crippen molar-refractivity contribution in [1.82, 2.24) is 19.9 Å². The summed E-state index contributed by atoms with van der Waals surface area (Å²) in [5.74, 6) is 1.18. The molecule has 2 fully saturated rings. The number of carbonyl (C=O) groups excluding carboxylic acids is 2. The van der Waals surface area contributed by atoms with Crippen molar-refractivity contribution in [2.75, 3.05) is 36.1 Å². The van der Waals surface area contributed by atoms with E-state index >= 15 is 0 Å². The Morgan fingerprint density at radius 2 is 1.80 bits per heavy atom. The number of rotatable bonds is 8. The molecule has 1 saturated heterocycles. The van der Waals surface area contributed by atoms with E-state index in [2.05, 4.69) is 27.4 Å². The molecule has 4 aromatic rings. The highest BCUT2D eigenvalue weighted by Crippen LogP contribution is 2.47. The number of hydrogen-bond acceptors (Lipinski definition) is 10. The lowest BCUT2D eigenvalue weighted by Gasteiger charge is -2.31. The molecule has 4 N–H and O–H groups in total. The molecule has 1 saturated carbocycles. The van der Waals surface area contributed by atoms with Crippen molar-refractivity contribution in [2.24, 2.45) is 18.9 Å². The number of ether oxygens (including phenoxy) is 3. The number of amides is 1. The molecule has 3 heterocycles. The minimum atomic E-state index is -0.542. The van der Waals surface area contributed by atoms with Crippen molar-refractivity contribution in [2.45, 2.75) is 71.6 Å². The summed E-state index contributed by atoms with van der Waals surface area (Å²) in [5, 5.41) is 7.36. The molecule has 0 radical (unpaired) electrons. The van der Waals surface area contributed by atoms with Gasteiger partial charge in [0.05, 0.1) is 36.0 Å². The number of benzene rings is 2. The van der Waals surface area contributed by atoms with E-state index in [4.69, 9.17) is 24.9 Å². The van der Waals surface area contributed by atoms with Crippen molar-refractivity contribution >= 4 is 46.0 Å². The van der Waals surface area contributed by atoms with Crippen molar-refractivity contribution in [3.63, 3.8) is 0 Å². The number of methoxy groups -OCH3 is 1. The average molecular weight is 670 g/mol. The number of alkyl carbamates (subject to hydrolysis) is 1. The van der Waals surface area contributed by atoms with Crippen LogP contribution >= 0.6 is 0 Å². The maximum Gasteiger partial charge on any atom is 0.408 e. The number of esters is 1. The fourth-order valence-electron chi connectivity index (χ4n) is 7.34. The van der Waals surface area contributed by atoms with Crippen LogP contribution < -0.4 is 26.0 Å². The maximum absolute atomic E-state index is 13.2. The lowest BCUT2D eigenvalue weighted by molar-refractivity contribution is 0.0376. The van der Waals surface area contributed by atoms with Crippen molar-refractivity contribution in [3.8, 4) is 17.0 Å². The van der Waals surface area contributed by atoms with Crippen LogP contribution in [0.25, 0.3) is 22.2 Å². The Kier molecular flexibility index (Phi) is 8.85. The van der Waals surface area contributed by atoms with Crippen molar-refractivity contribution < 1.29 is 23.8 Å². The first kappa shape index (κ1) is 33.9. The second kappa shape index (κ2) is 12.8. The first-order valence-electron chi connectivity index (χ1n) is 16.8. The first-order valence-corrected chi connectivity index (χ1v) is 16.8. The smallest absolute Gasteiger partial charge is 0.408 e. The molecular weight excluding hydrogens is 622 g/mol. The van der Waals surface area contributed by atoms with Gasteiger partial charge in [0.15, 0.2) is 0 Å². The molecule has 2 aromatic heterocycles. The third-order valence-corrected chi connectivity index (χ3v) is 9.24. The normalized spacial score (nSPS) is 20.4. The SMILES string of the molecule is COc1cc(N2CC3CC(C)(NC(=O)OC(C)(C)C)CC3C2)c(N)cc1Nc1ncc(C(=O)OC(C)C)c(-c2cn(C)c3ccccc23)n1. The van der Waals surface area contributed by atoms with E-state index in [0.717, 1.165) is 48.1 Å². The maximum atomic E-state index is 13.2. The van der Waals surface area contributed by atoms with E-state index in [1.54, 1.807) is 7.11 Å². The quantitative estimate of drug-likeness (QED) is 0.137. The Morgan fingerprint density at radius 3 is 2.45 bits per heavy atom. The molecule has 49 heavy (non-hydrogen) atoms. The first-order chi connectivity index (χ1) is 23.1. The van der Waals surface area contributed by atoms with Gasteiger partial charge in [0.2, 0.25) is 5.95 Å². The van der Waals surface area contributed by atoms with E-state index in [1.165, 1.54) is 6.20 Å². The molecular formula is C37H47N7O5. The number of nitrogens with two attached hydrogens (primary N) is 1. The van der Waals surface area contributed by atoms with Crippen LogP contribution in [0.5, 0.6) is 5.75 Å². The van der Waals surface area contributed by atoms with Crippen LogP contribution in [-0.2, 0) is 16.5 Å². The molecule has 0 bridgehead atoms. The third kappa shape index (κ3) is 7.09. The minimum Gasteiger partial charge on any atom is -0.494 e. The summed E-state index contributed by atoms with van der Waals surface area (Å²) in [6, 6.07) is 11.7. The van der Waals surface area contributed by atoms with Gasteiger partial charge in [0, 0.05) is 60.6 Å². The standard InChI is InChI=1S/C37H47N7O5/c1-21(2)48-33(45)25-17-39-34(41-32(25)26-20-43(7)29-12-10-9-11-24(26)29)40-28-13-27(38)30(14-31(28)47-8)44-18-22-15-37(6,16-23(22)19-44)42-35(46)49-36(3,4)5/h9-14,17,20-23H,15-16,18-19,38H2,1-8H3,(H,42,46)(H,39,40,41). The molecule has 1 aliphatic heterocycles. The molecule has 1 aliphatic carbocycles. The summed E-state index contributed by atoms with van der Waals surface area (Å²) in [5.41, 5.74) is 10.4. The van der Waals surface area contributed by atoms with Gasteiger partial charge in [0.1, 0.15) is 16.9 Å². The highest BCUT2D eigenvalue weighted by molar-refractivity contribution is 6.03. The second-order valence-corrected chi connectivity index (χ2v) is 14.8. The zero-order valence-corrected chi connectivity index (χ0v) is 29.6. The Balaban J connectivity index is 1.24. The third-order valence-electron chi connectivity index (χ3n) is 9.24. The van der Waals surface area contributed by atoms with Gasteiger partial charge in [-0.2, -0.15) is 0 Å². The average Bonchev–Trinajstić information content (AvgIpc) is 3.64. The molecule has 2 aromatic carbocycles. The fourth-order valence-corrected chi connectivity index (χ4v) is 7.34.